The largest absolute Gasteiger partial charge is 0.312 e. The molecule has 1 aromatic carbocycles. The summed E-state index contributed by atoms with van der Waals surface area (Å²) in [5, 5.41) is 4.86. The van der Waals surface area contributed by atoms with E-state index in [4.69, 9.17) is 0 Å². The van der Waals surface area contributed by atoms with Crippen molar-refractivity contribution >= 4 is 37.3 Å². The van der Waals surface area contributed by atoms with Gasteiger partial charge < -0.3 is 5.32 Å². The van der Waals surface area contributed by atoms with E-state index in [1.807, 2.05) is 31.2 Å². The maximum absolute atomic E-state index is 12.3. The molecule has 0 saturated carbocycles. The number of hydrogen-bond acceptors (Lipinski definition) is 4. The normalized spacial score (nSPS) is 11.7. The van der Waals surface area contributed by atoms with E-state index in [9.17, 15) is 8.42 Å². The van der Waals surface area contributed by atoms with Crippen LogP contribution >= 0.6 is 27.3 Å². The highest BCUT2D eigenvalue weighted by molar-refractivity contribution is 9.10. The number of nitrogens with one attached hydrogen (secondary N) is 2. The van der Waals surface area contributed by atoms with Crippen molar-refractivity contribution in [1.82, 2.24) is 10.0 Å². The van der Waals surface area contributed by atoms with Gasteiger partial charge in [0.15, 0.2) is 0 Å². The predicted molar refractivity (Wildman–Crippen MR) is 89.9 cm³/mol. The first-order valence-electron chi connectivity index (χ1n) is 6.54. The fourth-order valence-electron chi connectivity index (χ4n) is 1.74. The van der Waals surface area contributed by atoms with Gasteiger partial charge in [0, 0.05) is 27.8 Å². The summed E-state index contributed by atoms with van der Waals surface area (Å²) in [6.07, 6.45) is 0. The summed E-state index contributed by atoms with van der Waals surface area (Å²) in [5.41, 5.74) is 0.907. The molecule has 2 N–H and O–H groups in total. The lowest BCUT2D eigenvalue weighted by Gasteiger charge is -2.06. The van der Waals surface area contributed by atoms with Crippen molar-refractivity contribution in [2.75, 3.05) is 6.54 Å². The van der Waals surface area contributed by atoms with E-state index in [1.54, 1.807) is 11.4 Å². The third-order valence-corrected chi connectivity index (χ3v) is 6.14. The minimum atomic E-state index is -3.47. The lowest BCUT2D eigenvalue weighted by molar-refractivity contribution is 0.581. The van der Waals surface area contributed by atoms with Crippen LogP contribution in [0.3, 0.4) is 0 Å². The van der Waals surface area contributed by atoms with Crippen LogP contribution in [0.15, 0.2) is 45.1 Å². The Morgan fingerprint density at radius 3 is 2.71 bits per heavy atom. The van der Waals surface area contributed by atoms with Crippen LogP contribution in [-0.4, -0.2) is 15.0 Å². The molecule has 0 bridgehead atoms. The van der Waals surface area contributed by atoms with E-state index in [2.05, 4.69) is 26.0 Å². The van der Waals surface area contributed by atoms with Crippen molar-refractivity contribution in [3.8, 4) is 0 Å². The summed E-state index contributed by atoms with van der Waals surface area (Å²) in [6.45, 7) is 3.84. The van der Waals surface area contributed by atoms with Gasteiger partial charge >= 0.3 is 0 Å². The zero-order chi connectivity index (χ0) is 15.3. The molecule has 1 aromatic heterocycles. The molecule has 1 heterocycles. The van der Waals surface area contributed by atoms with E-state index in [0.29, 0.717) is 11.4 Å². The van der Waals surface area contributed by atoms with Crippen molar-refractivity contribution in [2.24, 2.45) is 0 Å². The van der Waals surface area contributed by atoms with Gasteiger partial charge in [-0.15, -0.1) is 11.3 Å². The first kappa shape index (κ1) is 16.6. The number of sulfonamides is 1. The van der Waals surface area contributed by atoms with Gasteiger partial charge in [0.05, 0.1) is 4.90 Å². The summed E-state index contributed by atoms with van der Waals surface area (Å²) in [5.74, 6) is 0. The lowest BCUT2D eigenvalue weighted by atomic mass is 10.2. The molecular formula is C14H17BrN2O2S2. The van der Waals surface area contributed by atoms with Gasteiger partial charge in [0.25, 0.3) is 0 Å². The SMILES string of the molecule is CCNCc1cc(S(=O)(=O)NCc2ccccc2Br)cs1. The van der Waals surface area contributed by atoms with Crippen LogP contribution in [0, 0.1) is 0 Å². The second-order valence-electron chi connectivity index (χ2n) is 4.45. The first-order chi connectivity index (χ1) is 10.0. The number of hydrogen-bond donors (Lipinski definition) is 2. The maximum atomic E-state index is 12.3. The van der Waals surface area contributed by atoms with Gasteiger partial charge in [-0.2, -0.15) is 0 Å². The zero-order valence-corrected chi connectivity index (χ0v) is 14.8. The van der Waals surface area contributed by atoms with Crippen molar-refractivity contribution in [1.29, 1.82) is 0 Å². The van der Waals surface area contributed by atoms with E-state index < -0.39 is 10.0 Å². The lowest BCUT2D eigenvalue weighted by Crippen LogP contribution is -2.23. The van der Waals surface area contributed by atoms with Gasteiger partial charge in [-0.05, 0) is 24.2 Å². The molecule has 0 amide bonds. The van der Waals surface area contributed by atoms with E-state index in [0.717, 1.165) is 21.5 Å². The van der Waals surface area contributed by atoms with Crippen LogP contribution in [0.2, 0.25) is 0 Å². The average molecular weight is 389 g/mol. The van der Waals surface area contributed by atoms with Crippen molar-refractivity contribution in [2.45, 2.75) is 24.9 Å². The van der Waals surface area contributed by atoms with Gasteiger partial charge in [0.2, 0.25) is 10.0 Å². The fraction of sp³-hybridized carbons (Fsp3) is 0.286. The van der Waals surface area contributed by atoms with Gasteiger partial charge in [0.1, 0.15) is 0 Å². The minimum absolute atomic E-state index is 0.266. The van der Waals surface area contributed by atoms with Crippen LogP contribution in [0.4, 0.5) is 0 Å². The Balaban J connectivity index is 2.05. The summed E-state index contributed by atoms with van der Waals surface area (Å²) < 4.78 is 28.1. The Morgan fingerprint density at radius 2 is 2.00 bits per heavy atom. The standard InChI is InChI=1S/C14H17BrN2O2S2/c1-2-16-9-12-7-13(10-20-12)21(18,19)17-8-11-5-3-4-6-14(11)15/h3-7,10,16-17H,2,8-9H2,1H3. The molecule has 0 saturated heterocycles. The van der Waals surface area contributed by atoms with Crippen LogP contribution in [-0.2, 0) is 23.1 Å². The fourth-order valence-corrected chi connectivity index (χ4v) is 4.42. The Kier molecular flexibility index (Phi) is 5.95. The quantitative estimate of drug-likeness (QED) is 0.765. The van der Waals surface area contributed by atoms with Crippen molar-refractivity contribution in [3.05, 3.63) is 50.6 Å². The number of thiophene rings is 1. The number of benzene rings is 1. The Bertz CT molecular complexity index is 699. The highest BCUT2D eigenvalue weighted by atomic mass is 79.9. The second kappa shape index (κ2) is 7.51. The Labute approximate surface area is 137 Å². The van der Waals surface area contributed by atoms with Crippen LogP contribution in [0.25, 0.3) is 0 Å². The van der Waals surface area contributed by atoms with E-state index in [-0.39, 0.29) is 6.54 Å². The molecule has 4 nitrogen and oxygen atoms in total. The molecule has 7 heteroatoms. The summed E-state index contributed by atoms with van der Waals surface area (Å²) in [7, 11) is -3.47. The molecule has 0 atom stereocenters. The predicted octanol–water partition coefficient (Wildman–Crippen LogP) is 3.10. The number of rotatable bonds is 7. The van der Waals surface area contributed by atoms with Crippen LogP contribution in [0.5, 0.6) is 0 Å². The average Bonchev–Trinajstić information content (AvgIpc) is 2.94. The highest BCUT2D eigenvalue weighted by Gasteiger charge is 2.16. The smallest absolute Gasteiger partial charge is 0.241 e. The highest BCUT2D eigenvalue weighted by Crippen LogP contribution is 2.20. The summed E-state index contributed by atoms with van der Waals surface area (Å²) in [4.78, 5) is 1.34. The summed E-state index contributed by atoms with van der Waals surface area (Å²) >= 11 is 4.86. The van der Waals surface area contributed by atoms with E-state index >= 15 is 0 Å². The maximum Gasteiger partial charge on any atom is 0.241 e. The Morgan fingerprint density at radius 1 is 1.24 bits per heavy atom. The second-order valence-corrected chi connectivity index (χ2v) is 8.06. The number of halogens is 1. The molecule has 0 aliphatic heterocycles. The minimum Gasteiger partial charge on any atom is -0.312 e. The van der Waals surface area contributed by atoms with Gasteiger partial charge in [-0.3, -0.25) is 0 Å². The third kappa shape index (κ3) is 4.62. The zero-order valence-electron chi connectivity index (χ0n) is 11.6. The van der Waals surface area contributed by atoms with Crippen LogP contribution in [0.1, 0.15) is 17.4 Å². The topological polar surface area (TPSA) is 58.2 Å². The molecule has 0 aliphatic carbocycles. The first-order valence-corrected chi connectivity index (χ1v) is 9.69. The molecule has 2 rings (SSSR count). The molecule has 0 fully saturated rings. The van der Waals surface area contributed by atoms with Crippen molar-refractivity contribution in [3.63, 3.8) is 0 Å². The summed E-state index contributed by atoms with van der Waals surface area (Å²) in [6, 6.07) is 9.27. The molecule has 0 unspecified atom stereocenters. The van der Waals surface area contributed by atoms with Crippen molar-refractivity contribution < 1.29 is 8.42 Å². The molecule has 114 valence electrons. The Hall–Kier alpha value is -0.730. The molecule has 2 aromatic rings. The molecule has 0 aliphatic rings. The van der Waals surface area contributed by atoms with Gasteiger partial charge in [-0.25, -0.2) is 13.1 Å². The molecule has 0 radical (unpaired) electrons. The van der Waals surface area contributed by atoms with E-state index in [1.165, 1.54) is 11.3 Å². The monoisotopic (exact) mass is 388 g/mol. The molecule has 21 heavy (non-hydrogen) atoms. The molecule has 0 spiro atoms. The molecular weight excluding hydrogens is 372 g/mol. The van der Waals surface area contributed by atoms with Gasteiger partial charge in [-0.1, -0.05) is 41.1 Å². The van der Waals surface area contributed by atoms with Crippen LogP contribution < -0.4 is 10.0 Å². The third-order valence-electron chi connectivity index (χ3n) is 2.90.